The molecule has 0 aliphatic carbocycles. The molecule has 5 heteroatoms. The molecular formula is C12H18N2O3. The van der Waals surface area contributed by atoms with Crippen LogP contribution in [0, 0.1) is 12.8 Å². The molecule has 2 heterocycles. The van der Waals surface area contributed by atoms with Crippen molar-refractivity contribution in [2.75, 3.05) is 6.54 Å². The van der Waals surface area contributed by atoms with Gasteiger partial charge in [0.15, 0.2) is 6.39 Å². The van der Waals surface area contributed by atoms with Crippen LogP contribution in [0.4, 0.5) is 0 Å². The number of hydrogen-bond donors (Lipinski definition) is 1. The largest absolute Gasteiger partial charge is 0.480 e. The maximum Gasteiger partial charge on any atom is 0.321 e. The van der Waals surface area contributed by atoms with E-state index in [1.807, 2.05) is 18.7 Å². The molecule has 0 bridgehead atoms. The summed E-state index contributed by atoms with van der Waals surface area (Å²) in [4.78, 5) is 17.4. The molecule has 1 aromatic rings. The zero-order valence-corrected chi connectivity index (χ0v) is 10.2. The van der Waals surface area contributed by atoms with Crippen molar-refractivity contribution in [3.8, 4) is 0 Å². The quantitative estimate of drug-likeness (QED) is 0.867. The van der Waals surface area contributed by atoms with Crippen molar-refractivity contribution in [1.29, 1.82) is 0 Å². The summed E-state index contributed by atoms with van der Waals surface area (Å²) in [6, 6.07) is -0.403. The van der Waals surface area contributed by atoms with Crippen LogP contribution in [0.25, 0.3) is 0 Å². The number of aryl methyl sites for hydroxylation is 1. The highest BCUT2D eigenvalue weighted by molar-refractivity contribution is 5.74. The minimum Gasteiger partial charge on any atom is -0.480 e. The molecule has 1 aliphatic rings. The highest BCUT2D eigenvalue weighted by atomic mass is 16.4. The summed E-state index contributed by atoms with van der Waals surface area (Å²) in [7, 11) is 0. The van der Waals surface area contributed by atoms with Gasteiger partial charge in [0.1, 0.15) is 11.8 Å². The first-order valence-corrected chi connectivity index (χ1v) is 5.95. The number of carboxylic acids is 1. The van der Waals surface area contributed by atoms with Crippen LogP contribution in [0.2, 0.25) is 0 Å². The fraction of sp³-hybridized carbons (Fsp3) is 0.667. The molecule has 0 saturated carbocycles. The Hall–Kier alpha value is -1.36. The van der Waals surface area contributed by atoms with E-state index in [1.165, 1.54) is 6.39 Å². The van der Waals surface area contributed by atoms with Crippen LogP contribution in [-0.4, -0.2) is 33.5 Å². The van der Waals surface area contributed by atoms with Crippen LogP contribution in [0.5, 0.6) is 0 Å². The van der Waals surface area contributed by atoms with Crippen molar-refractivity contribution in [3.05, 3.63) is 17.8 Å². The van der Waals surface area contributed by atoms with Gasteiger partial charge in [-0.05, 0) is 32.2 Å². The predicted molar refractivity (Wildman–Crippen MR) is 61.5 cm³/mol. The first-order valence-electron chi connectivity index (χ1n) is 5.95. The van der Waals surface area contributed by atoms with E-state index in [-0.39, 0.29) is 5.92 Å². The number of aliphatic carboxylic acids is 1. The normalized spacial score (nSPS) is 26.0. The first kappa shape index (κ1) is 12.1. The molecule has 2 atom stereocenters. The van der Waals surface area contributed by atoms with Gasteiger partial charge in [-0.2, -0.15) is 0 Å². The number of aromatic nitrogens is 1. The van der Waals surface area contributed by atoms with Crippen molar-refractivity contribution in [3.63, 3.8) is 0 Å². The number of rotatable bonds is 3. The summed E-state index contributed by atoms with van der Waals surface area (Å²) in [5.74, 6) is 0.221. The fourth-order valence-corrected chi connectivity index (χ4v) is 2.52. The summed E-state index contributed by atoms with van der Waals surface area (Å²) in [5, 5.41) is 9.29. The molecule has 1 N–H and O–H groups in total. The third kappa shape index (κ3) is 2.49. The fourth-order valence-electron chi connectivity index (χ4n) is 2.52. The number of carbonyl (C=O) groups is 1. The Morgan fingerprint density at radius 3 is 3.06 bits per heavy atom. The second-order valence-electron chi connectivity index (χ2n) is 4.73. The van der Waals surface area contributed by atoms with E-state index in [4.69, 9.17) is 4.42 Å². The van der Waals surface area contributed by atoms with E-state index < -0.39 is 12.0 Å². The molecule has 0 amide bonds. The highest BCUT2D eigenvalue weighted by Crippen LogP contribution is 2.25. The lowest BCUT2D eigenvalue weighted by atomic mass is 9.90. The van der Waals surface area contributed by atoms with Gasteiger partial charge in [-0.3, -0.25) is 9.69 Å². The van der Waals surface area contributed by atoms with Crippen molar-refractivity contribution in [2.45, 2.75) is 39.3 Å². The third-order valence-corrected chi connectivity index (χ3v) is 3.49. The Kier molecular flexibility index (Phi) is 3.47. The molecule has 1 saturated heterocycles. The summed E-state index contributed by atoms with van der Waals surface area (Å²) >= 11 is 0. The number of likely N-dealkylation sites (tertiary alicyclic amines) is 1. The Labute approximate surface area is 100 Å². The van der Waals surface area contributed by atoms with E-state index in [0.717, 1.165) is 30.8 Å². The van der Waals surface area contributed by atoms with Gasteiger partial charge in [0.2, 0.25) is 0 Å². The second kappa shape index (κ2) is 4.87. The summed E-state index contributed by atoms with van der Waals surface area (Å²) in [6.07, 6.45) is 3.43. The van der Waals surface area contributed by atoms with Crippen LogP contribution >= 0.6 is 0 Å². The molecule has 0 radical (unpaired) electrons. The van der Waals surface area contributed by atoms with Gasteiger partial charge >= 0.3 is 5.97 Å². The molecule has 1 aromatic heterocycles. The number of carboxylic acid groups (broad SMARTS) is 1. The molecule has 0 aromatic carbocycles. The van der Waals surface area contributed by atoms with Crippen LogP contribution < -0.4 is 0 Å². The number of oxazole rings is 1. The average molecular weight is 238 g/mol. The monoisotopic (exact) mass is 238 g/mol. The molecule has 1 aliphatic heterocycles. The van der Waals surface area contributed by atoms with Crippen LogP contribution in [0.15, 0.2) is 10.8 Å². The first-order chi connectivity index (χ1) is 8.09. The topological polar surface area (TPSA) is 66.6 Å². The van der Waals surface area contributed by atoms with Crippen LogP contribution in [0.1, 0.15) is 31.2 Å². The average Bonchev–Trinajstić information content (AvgIpc) is 2.64. The lowest BCUT2D eigenvalue weighted by Gasteiger charge is -2.36. The zero-order chi connectivity index (χ0) is 12.4. The predicted octanol–water partition coefficient (Wildman–Crippen LogP) is 1.67. The van der Waals surface area contributed by atoms with Crippen LogP contribution in [0.3, 0.4) is 0 Å². The Morgan fingerprint density at radius 2 is 2.47 bits per heavy atom. The van der Waals surface area contributed by atoms with Crippen molar-refractivity contribution < 1.29 is 14.3 Å². The molecule has 2 rings (SSSR count). The van der Waals surface area contributed by atoms with E-state index >= 15 is 0 Å². The maximum atomic E-state index is 11.3. The molecule has 2 unspecified atom stereocenters. The minimum absolute atomic E-state index is 0.188. The van der Waals surface area contributed by atoms with Crippen LogP contribution in [-0.2, 0) is 11.3 Å². The zero-order valence-electron chi connectivity index (χ0n) is 10.2. The number of nitrogens with zero attached hydrogens (tertiary/aromatic N) is 2. The minimum atomic E-state index is -0.738. The molecule has 17 heavy (non-hydrogen) atoms. The molecule has 94 valence electrons. The summed E-state index contributed by atoms with van der Waals surface area (Å²) < 4.78 is 5.14. The maximum absolute atomic E-state index is 11.3. The Morgan fingerprint density at radius 1 is 1.71 bits per heavy atom. The van der Waals surface area contributed by atoms with E-state index in [9.17, 15) is 9.90 Å². The standard InChI is InChI=1S/C12H18N2O3/c1-8-4-3-5-14(11(8)12(15)16)6-10-9(2)17-7-13-10/h7-8,11H,3-6H2,1-2H3,(H,15,16). The third-order valence-electron chi connectivity index (χ3n) is 3.49. The highest BCUT2D eigenvalue weighted by Gasteiger charge is 2.34. The smallest absolute Gasteiger partial charge is 0.321 e. The van der Waals surface area contributed by atoms with Gasteiger partial charge in [0, 0.05) is 6.54 Å². The van der Waals surface area contributed by atoms with Crippen molar-refractivity contribution in [2.24, 2.45) is 5.92 Å². The summed E-state index contributed by atoms with van der Waals surface area (Å²) in [6.45, 7) is 5.23. The van der Waals surface area contributed by atoms with Gasteiger partial charge in [-0.1, -0.05) is 6.92 Å². The molecule has 0 spiro atoms. The second-order valence-corrected chi connectivity index (χ2v) is 4.73. The lowest BCUT2D eigenvalue weighted by molar-refractivity contribution is -0.147. The van der Waals surface area contributed by atoms with E-state index in [2.05, 4.69) is 4.98 Å². The van der Waals surface area contributed by atoms with E-state index in [0.29, 0.717) is 6.54 Å². The number of hydrogen-bond acceptors (Lipinski definition) is 4. The lowest BCUT2D eigenvalue weighted by Crippen LogP contribution is -2.48. The molecule has 5 nitrogen and oxygen atoms in total. The summed E-state index contributed by atoms with van der Waals surface area (Å²) in [5.41, 5.74) is 0.838. The molecular weight excluding hydrogens is 220 g/mol. The van der Waals surface area contributed by atoms with E-state index in [1.54, 1.807) is 0 Å². The van der Waals surface area contributed by atoms with Gasteiger partial charge in [-0.25, -0.2) is 4.98 Å². The van der Waals surface area contributed by atoms with Gasteiger partial charge in [0.05, 0.1) is 5.69 Å². The Bertz CT molecular complexity index is 402. The van der Waals surface area contributed by atoms with Crippen molar-refractivity contribution >= 4 is 5.97 Å². The molecule has 1 fully saturated rings. The van der Waals surface area contributed by atoms with Gasteiger partial charge in [0.25, 0.3) is 0 Å². The van der Waals surface area contributed by atoms with Gasteiger partial charge < -0.3 is 9.52 Å². The Balaban J connectivity index is 2.12. The van der Waals surface area contributed by atoms with Gasteiger partial charge in [-0.15, -0.1) is 0 Å². The van der Waals surface area contributed by atoms with Crippen molar-refractivity contribution in [1.82, 2.24) is 9.88 Å². The number of piperidine rings is 1. The SMILES string of the molecule is Cc1ocnc1CN1CCCC(C)C1C(=O)O.